The highest BCUT2D eigenvalue weighted by atomic mass is 35.5. The molecule has 0 bridgehead atoms. The van der Waals surface area contributed by atoms with Crippen molar-refractivity contribution in [3.63, 3.8) is 0 Å². The van der Waals surface area contributed by atoms with Crippen LogP contribution >= 0.6 is 11.6 Å². The Kier molecular flexibility index (Phi) is 4.10. The number of nitrogens with zero attached hydrogens (tertiary/aromatic N) is 2. The van der Waals surface area contributed by atoms with Crippen LogP contribution in [0.2, 0.25) is 5.15 Å². The second-order valence-electron chi connectivity index (χ2n) is 5.95. The highest BCUT2D eigenvalue weighted by Crippen LogP contribution is 2.36. The van der Waals surface area contributed by atoms with Crippen LogP contribution in [-0.2, 0) is 6.42 Å². The highest BCUT2D eigenvalue weighted by molar-refractivity contribution is 6.29. The number of hydrogen-bond donors (Lipinski definition) is 1. The summed E-state index contributed by atoms with van der Waals surface area (Å²) in [5.74, 6) is 1.68. The summed E-state index contributed by atoms with van der Waals surface area (Å²) >= 11 is 6.01. The zero-order chi connectivity index (χ0) is 13.2. The van der Waals surface area contributed by atoms with Crippen LogP contribution in [0.15, 0.2) is 6.07 Å². The Labute approximate surface area is 114 Å². The molecule has 1 fully saturated rings. The van der Waals surface area contributed by atoms with Crippen molar-refractivity contribution in [2.45, 2.75) is 58.9 Å². The highest BCUT2D eigenvalue weighted by Gasteiger charge is 2.28. The predicted octanol–water partition coefficient (Wildman–Crippen LogP) is 4.07. The van der Waals surface area contributed by atoms with E-state index < -0.39 is 0 Å². The quantitative estimate of drug-likeness (QED) is 0.839. The van der Waals surface area contributed by atoms with Gasteiger partial charge in [-0.3, -0.25) is 0 Å². The number of halogens is 1. The van der Waals surface area contributed by atoms with Gasteiger partial charge in [0.25, 0.3) is 0 Å². The van der Waals surface area contributed by atoms with Crippen LogP contribution in [0.25, 0.3) is 0 Å². The van der Waals surface area contributed by atoms with Gasteiger partial charge in [0.2, 0.25) is 0 Å². The van der Waals surface area contributed by atoms with Crippen molar-refractivity contribution in [2.24, 2.45) is 5.41 Å². The van der Waals surface area contributed by atoms with Gasteiger partial charge in [0.1, 0.15) is 16.8 Å². The second-order valence-corrected chi connectivity index (χ2v) is 6.33. The lowest BCUT2D eigenvalue weighted by Gasteiger charge is -2.35. The van der Waals surface area contributed by atoms with Gasteiger partial charge in [-0.2, -0.15) is 0 Å². The van der Waals surface area contributed by atoms with Crippen molar-refractivity contribution in [1.82, 2.24) is 9.97 Å². The van der Waals surface area contributed by atoms with E-state index in [1.807, 2.05) is 13.0 Å². The van der Waals surface area contributed by atoms with Gasteiger partial charge in [-0.1, -0.05) is 38.8 Å². The van der Waals surface area contributed by atoms with E-state index in [0.717, 1.165) is 18.1 Å². The molecule has 0 amide bonds. The molecule has 1 saturated carbocycles. The van der Waals surface area contributed by atoms with Crippen LogP contribution in [0.3, 0.4) is 0 Å². The van der Waals surface area contributed by atoms with Gasteiger partial charge >= 0.3 is 0 Å². The maximum absolute atomic E-state index is 6.01. The van der Waals surface area contributed by atoms with Crippen molar-refractivity contribution in [3.05, 3.63) is 17.0 Å². The number of hydrogen-bond acceptors (Lipinski definition) is 3. The number of aryl methyl sites for hydroxylation is 1. The van der Waals surface area contributed by atoms with E-state index in [9.17, 15) is 0 Å². The fraction of sp³-hybridized carbons (Fsp3) is 0.714. The normalized spacial score (nSPS) is 22.8. The molecular weight excluding hydrogens is 246 g/mol. The van der Waals surface area contributed by atoms with Gasteiger partial charge in [-0.15, -0.1) is 0 Å². The van der Waals surface area contributed by atoms with E-state index in [0.29, 0.717) is 16.6 Å². The molecule has 4 heteroatoms. The SMILES string of the molecule is CCc1nc(Cl)cc(NC2CCCC(C)(C)C2)n1. The minimum absolute atomic E-state index is 0.431. The Balaban J connectivity index is 2.07. The lowest BCUT2D eigenvalue weighted by Crippen LogP contribution is -2.32. The molecule has 0 radical (unpaired) electrons. The van der Waals surface area contributed by atoms with Crippen molar-refractivity contribution in [2.75, 3.05) is 5.32 Å². The van der Waals surface area contributed by atoms with Crippen molar-refractivity contribution in [1.29, 1.82) is 0 Å². The molecule has 1 unspecified atom stereocenters. The molecule has 1 aliphatic rings. The average molecular weight is 268 g/mol. The third kappa shape index (κ3) is 3.58. The fourth-order valence-electron chi connectivity index (χ4n) is 2.73. The van der Waals surface area contributed by atoms with Crippen LogP contribution in [0.5, 0.6) is 0 Å². The first-order valence-corrected chi connectivity index (χ1v) is 7.16. The minimum Gasteiger partial charge on any atom is -0.367 e. The van der Waals surface area contributed by atoms with E-state index in [4.69, 9.17) is 11.6 Å². The zero-order valence-electron chi connectivity index (χ0n) is 11.5. The van der Waals surface area contributed by atoms with E-state index in [1.54, 1.807) is 0 Å². The predicted molar refractivity (Wildman–Crippen MR) is 76.1 cm³/mol. The van der Waals surface area contributed by atoms with Crippen molar-refractivity contribution >= 4 is 17.4 Å². The molecule has 0 aromatic carbocycles. The summed E-state index contributed by atoms with van der Waals surface area (Å²) in [5, 5.41) is 4.04. The smallest absolute Gasteiger partial charge is 0.134 e. The minimum atomic E-state index is 0.431. The van der Waals surface area contributed by atoms with E-state index in [-0.39, 0.29) is 0 Å². The molecule has 0 saturated heterocycles. The summed E-state index contributed by atoms with van der Waals surface area (Å²) in [6.07, 6.45) is 5.81. The van der Waals surface area contributed by atoms with Gasteiger partial charge in [-0.05, 0) is 24.7 Å². The molecule has 1 N–H and O–H groups in total. The Hall–Kier alpha value is -0.830. The molecule has 1 heterocycles. The molecule has 0 aliphatic heterocycles. The summed E-state index contributed by atoms with van der Waals surface area (Å²) in [6, 6.07) is 2.33. The average Bonchev–Trinajstić information content (AvgIpc) is 2.26. The standard InChI is InChI=1S/C14H22ClN3/c1-4-12-17-11(15)8-13(18-12)16-10-6-5-7-14(2,3)9-10/h8,10H,4-7,9H2,1-3H3,(H,16,17,18). The van der Waals surface area contributed by atoms with Crippen LogP contribution in [0.4, 0.5) is 5.82 Å². The van der Waals surface area contributed by atoms with Gasteiger partial charge in [0, 0.05) is 18.5 Å². The third-order valence-electron chi connectivity index (χ3n) is 3.61. The van der Waals surface area contributed by atoms with Crippen molar-refractivity contribution < 1.29 is 0 Å². The lowest BCUT2D eigenvalue weighted by molar-refractivity contribution is 0.229. The van der Waals surface area contributed by atoms with Gasteiger partial charge < -0.3 is 5.32 Å². The Bertz CT molecular complexity index is 418. The lowest BCUT2D eigenvalue weighted by atomic mass is 9.75. The summed E-state index contributed by atoms with van der Waals surface area (Å²) in [7, 11) is 0. The number of nitrogens with one attached hydrogen (secondary N) is 1. The zero-order valence-corrected chi connectivity index (χ0v) is 12.2. The van der Waals surface area contributed by atoms with Gasteiger partial charge in [-0.25, -0.2) is 9.97 Å². The number of anilines is 1. The van der Waals surface area contributed by atoms with Gasteiger partial charge in [0.05, 0.1) is 0 Å². The molecule has 0 spiro atoms. The van der Waals surface area contributed by atoms with E-state index in [1.165, 1.54) is 25.7 Å². The molecule has 1 aromatic rings. The van der Waals surface area contributed by atoms with Crippen LogP contribution < -0.4 is 5.32 Å². The number of rotatable bonds is 3. The van der Waals surface area contributed by atoms with Crippen LogP contribution in [0, 0.1) is 5.41 Å². The van der Waals surface area contributed by atoms with Crippen molar-refractivity contribution in [3.8, 4) is 0 Å². The maximum atomic E-state index is 6.01. The monoisotopic (exact) mass is 267 g/mol. The first-order chi connectivity index (χ1) is 8.48. The molecule has 1 aromatic heterocycles. The molecule has 3 nitrogen and oxygen atoms in total. The molecule has 1 atom stereocenters. The molecular formula is C14H22ClN3. The number of aromatic nitrogens is 2. The van der Waals surface area contributed by atoms with Crippen LogP contribution in [0.1, 0.15) is 52.3 Å². The Morgan fingerprint density at radius 3 is 2.89 bits per heavy atom. The largest absolute Gasteiger partial charge is 0.367 e. The topological polar surface area (TPSA) is 37.8 Å². The Morgan fingerprint density at radius 1 is 1.44 bits per heavy atom. The summed E-state index contributed by atoms with van der Waals surface area (Å²) in [4.78, 5) is 8.68. The summed E-state index contributed by atoms with van der Waals surface area (Å²) < 4.78 is 0. The fourth-order valence-corrected chi connectivity index (χ4v) is 2.93. The molecule has 2 rings (SSSR count). The third-order valence-corrected chi connectivity index (χ3v) is 3.81. The first-order valence-electron chi connectivity index (χ1n) is 6.78. The first kappa shape index (κ1) is 13.6. The maximum Gasteiger partial charge on any atom is 0.134 e. The second kappa shape index (κ2) is 5.43. The molecule has 100 valence electrons. The van der Waals surface area contributed by atoms with E-state index >= 15 is 0 Å². The van der Waals surface area contributed by atoms with Crippen LogP contribution in [-0.4, -0.2) is 16.0 Å². The molecule has 1 aliphatic carbocycles. The summed E-state index contributed by atoms with van der Waals surface area (Å²) in [5.41, 5.74) is 0.431. The van der Waals surface area contributed by atoms with E-state index in [2.05, 4.69) is 29.1 Å². The Morgan fingerprint density at radius 2 is 2.22 bits per heavy atom. The van der Waals surface area contributed by atoms with Gasteiger partial charge in [0.15, 0.2) is 0 Å². The summed E-state index contributed by atoms with van der Waals surface area (Å²) in [6.45, 7) is 6.72. The molecule has 18 heavy (non-hydrogen) atoms.